The summed E-state index contributed by atoms with van der Waals surface area (Å²) in [5.74, 6) is 46.3. The number of nitrogens with zero attached hydrogens (tertiary/aromatic N) is 11. The molecule has 1 aliphatic carbocycles. The zero-order valence-electron chi connectivity index (χ0n) is 30.2. The van der Waals surface area contributed by atoms with E-state index in [9.17, 15) is 10.4 Å². The molecule has 1 aromatic heterocycles. The number of aliphatic imine (C=N–C) groups is 1. The Hall–Kier alpha value is -8.38. The van der Waals surface area contributed by atoms with E-state index in [2.05, 4.69) is 178 Å². The third-order valence-corrected chi connectivity index (χ3v) is 7.93. The maximum atomic E-state index is 9.83. The molecule has 2 aromatic rings. The van der Waals surface area contributed by atoms with E-state index in [4.69, 9.17) is 21.2 Å². The molecule has 0 unspecified atom stereocenters. The Balaban J connectivity index is -0.000000287. The van der Waals surface area contributed by atoms with Crippen LogP contribution in [0, 0.1) is 134 Å². The van der Waals surface area contributed by atoms with Gasteiger partial charge in [0.15, 0.2) is 11.5 Å². The van der Waals surface area contributed by atoms with Crippen molar-refractivity contribution >= 4 is 11.5 Å². The van der Waals surface area contributed by atoms with Crippen molar-refractivity contribution < 1.29 is 15.1 Å². The summed E-state index contributed by atoms with van der Waals surface area (Å²) in [6.45, 7) is 5.23. The Morgan fingerprint density at radius 2 is 1.39 bits per heavy atom. The molecule has 1 fully saturated rings. The molecule has 0 amide bonds. The van der Waals surface area contributed by atoms with Crippen molar-refractivity contribution in [1.29, 1.82) is 10.8 Å². The second-order valence-corrected chi connectivity index (χ2v) is 11.0. The minimum atomic E-state index is -0.207. The zero-order chi connectivity index (χ0) is 40.3. The fourth-order valence-corrected chi connectivity index (χ4v) is 5.58. The van der Waals surface area contributed by atoms with Crippen molar-refractivity contribution in [1.82, 2.24) is 9.97 Å². The van der Waals surface area contributed by atoms with Crippen molar-refractivity contribution in [2.24, 2.45) is 47.5 Å². The molecule has 3 heterocycles. The predicted octanol–water partition coefficient (Wildman–Crippen LogP) is 5.85. The first-order chi connectivity index (χ1) is 27.5. The molecule has 3 aliphatic rings. The van der Waals surface area contributed by atoms with E-state index < -0.39 is 0 Å². The van der Waals surface area contributed by atoms with Gasteiger partial charge in [-0.05, 0) is 160 Å². The molecular weight excluding hydrogens is 707 g/mol. The number of hydrogen-bond donors (Lipinski definition) is 3. The number of nitrogens with two attached hydrogens (primary N) is 1. The lowest BCUT2D eigenvalue weighted by Crippen LogP contribution is -2.45. The highest BCUT2D eigenvalue weighted by molar-refractivity contribution is 6.12. The minimum Gasteiger partial charge on any atom is -0.390 e. The number of aromatic nitrogens is 2. The maximum absolute atomic E-state index is 9.83. The number of aliphatic hydroxyl groups is 1. The van der Waals surface area contributed by atoms with Crippen LogP contribution in [0.5, 0.6) is 0 Å². The number of fused-ring (bicyclic) bond motifs is 2. The lowest BCUT2D eigenvalue weighted by atomic mass is 9.73. The second-order valence-electron chi connectivity index (χ2n) is 11.0. The summed E-state index contributed by atoms with van der Waals surface area (Å²) in [7, 11) is 0. The number of piperidine rings is 1. The molecule has 4 N–H and O–H groups in total. The molecule has 1 saturated heterocycles. The molecule has 1 aromatic carbocycles. The number of nitriles is 1. The molecule has 5 rings (SSSR count). The number of nitrogens with one attached hydrogen (secondary N) is 1. The van der Waals surface area contributed by atoms with Gasteiger partial charge < -0.3 is 15.7 Å². The summed E-state index contributed by atoms with van der Waals surface area (Å²) in [5.41, 5.74) is 17.5. The van der Waals surface area contributed by atoms with Crippen molar-refractivity contribution in [2.45, 2.75) is 52.3 Å². The van der Waals surface area contributed by atoms with E-state index in [1.165, 1.54) is 11.1 Å². The molecule has 15 nitrogen and oxygen atoms in total. The van der Waals surface area contributed by atoms with Gasteiger partial charge in [-0.25, -0.2) is 9.97 Å². The van der Waals surface area contributed by atoms with E-state index in [0.717, 1.165) is 38.2 Å². The summed E-state index contributed by atoms with van der Waals surface area (Å²) in [6, 6.07) is 10.6. The van der Waals surface area contributed by atoms with Crippen molar-refractivity contribution in [2.75, 3.05) is 18.0 Å². The van der Waals surface area contributed by atoms with Gasteiger partial charge in [-0.1, -0.05) is 36.1 Å². The van der Waals surface area contributed by atoms with Crippen LogP contribution < -0.4 is 10.6 Å². The molecule has 0 bridgehead atoms. The van der Waals surface area contributed by atoms with Gasteiger partial charge >= 0.3 is 0 Å². The van der Waals surface area contributed by atoms with Gasteiger partial charge in [0, 0.05) is 39.6 Å². The van der Waals surface area contributed by atoms with E-state index in [-0.39, 0.29) is 28.1 Å². The molecule has 56 heavy (non-hydrogen) atoms. The van der Waals surface area contributed by atoms with Crippen LogP contribution in [-0.4, -0.2) is 33.9 Å². The Labute approximate surface area is 335 Å². The quantitative estimate of drug-likeness (QED) is 0.146. The highest BCUT2D eigenvalue weighted by Crippen LogP contribution is 2.51. The first-order valence-corrected chi connectivity index (χ1v) is 16.3. The van der Waals surface area contributed by atoms with Gasteiger partial charge in [-0.3, -0.25) is 4.99 Å². The highest BCUT2D eigenvalue weighted by atomic mass is 16.3. The predicted molar refractivity (Wildman–Crippen MR) is 222 cm³/mol. The molecule has 0 saturated carbocycles. The van der Waals surface area contributed by atoms with Gasteiger partial charge in [0.05, 0.1) is 18.8 Å². The van der Waals surface area contributed by atoms with Gasteiger partial charge in [0.25, 0.3) is 0 Å². The van der Waals surface area contributed by atoms with Gasteiger partial charge in [0.1, 0.15) is 22.7 Å². The molecule has 284 valence electrons. The number of nitroso groups, excluding NO2 is 1. The fourth-order valence-electron chi connectivity index (χ4n) is 5.58. The Kier molecular flexibility index (Phi) is 18.0. The standard InChI is InChI=1S/C21H22N6O.C20H6.HN7O.7H2/c22-10-15-18-16(11-24-15)26-20(17(12-28)25-18)27-7-5-21(6-8-27)9-13-3-1-2-4-14(13)19(21)23;1-3-5-7-9-11-13-15-17-19-20-18-16-14-12-10-8-6-4-2;1-2-3-4-5-6-7-8;;;;;;;/h1-4,19,28H,5-9,11-12,23H2;1-2H3;1H;7*1H/b;;2-1?,4-3+,6-5+;;;;;;;/t19-;;;;;;;;;/m1........./s1. The minimum absolute atomic E-state index is 0. The summed E-state index contributed by atoms with van der Waals surface area (Å²) in [5, 5.41) is 33.9. The molecule has 2 aliphatic heterocycles. The molecule has 0 radical (unpaired) electrons. The summed E-state index contributed by atoms with van der Waals surface area (Å²) in [4.78, 5) is 24.7. The lowest BCUT2D eigenvalue weighted by molar-refractivity contribution is 0.186. The first-order valence-electron chi connectivity index (χ1n) is 16.3. The average Bonchev–Trinajstić information content (AvgIpc) is 3.76. The Morgan fingerprint density at radius 3 is 1.88 bits per heavy atom. The third kappa shape index (κ3) is 12.7. The summed E-state index contributed by atoms with van der Waals surface area (Å²) < 4.78 is 0. The molecule has 1 atom stereocenters. The summed E-state index contributed by atoms with van der Waals surface area (Å²) in [6.07, 6.45) is 2.99. The van der Waals surface area contributed by atoms with Crippen molar-refractivity contribution in [3.63, 3.8) is 0 Å². The third-order valence-electron chi connectivity index (χ3n) is 7.93. The van der Waals surface area contributed by atoms with Crippen LogP contribution in [0.1, 0.15) is 70.9 Å². The van der Waals surface area contributed by atoms with Crippen LogP contribution in [0.2, 0.25) is 0 Å². The maximum Gasteiger partial charge on any atom is 0.163 e. The molecule has 1 spiro atoms. The van der Waals surface area contributed by atoms with Gasteiger partial charge in [0.2, 0.25) is 0 Å². The highest BCUT2D eigenvalue weighted by Gasteiger charge is 2.46. The largest absolute Gasteiger partial charge is 0.390 e. The summed E-state index contributed by atoms with van der Waals surface area (Å²) >= 11 is 0. The molecule has 15 heteroatoms. The topological polar surface area (TPSA) is 227 Å². The van der Waals surface area contributed by atoms with E-state index in [0.29, 0.717) is 29.3 Å². The molecular formula is C41H43N13O2. The average molecular weight is 750 g/mol. The monoisotopic (exact) mass is 749 g/mol. The lowest BCUT2D eigenvalue weighted by Gasteiger charge is -2.43. The van der Waals surface area contributed by atoms with Crippen LogP contribution in [0.25, 0.3) is 0 Å². The number of anilines is 1. The Morgan fingerprint density at radius 1 is 0.857 bits per heavy atom. The van der Waals surface area contributed by atoms with Crippen LogP contribution in [0.3, 0.4) is 0 Å². The van der Waals surface area contributed by atoms with Crippen LogP contribution in [-0.2, 0) is 19.6 Å². The van der Waals surface area contributed by atoms with Gasteiger partial charge in [-0.2, -0.15) is 10.8 Å². The first kappa shape index (κ1) is 42.0. The Bertz CT molecular complexity index is 2480. The zero-order valence-corrected chi connectivity index (χ0v) is 30.2. The van der Waals surface area contributed by atoms with Crippen LogP contribution in [0.15, 0.2) is 60.7 Å². The number of rotatable bonds is 5. The number of benzene rings is 1. The number of aliphatic hydroxyl groups excluding tert-OH is 1. The number of hydrogen-bond acceptors (Lipinski definition) is 9. The van der Waals surface area contributed by atoms with Crippen molar-refractivity contribution in [3.05, 3.63) is 57.4 Å². The van der Waals surface area contributed by atoms with E-state index in [1.807, 2.05) is 5.29 Å². The van der Waals surface area contributed by atoms with E-state index >= 15 is 0 Å². The van der Waals surface area contributed by atoms with Crippen LogP contribution in [0.4, 0.5) is 5.82 Å². The SMILES string of the molecule is CC#CC#CC#CC#CC#CC#CC#CC#CC#CC.N#CC1=NCc2nc(N3CCC4(CC3)Cc3ccccc3[C@H]4N)c(CO)nc21.N=N/N=N/N=N/N=O.[HH].[HH].[HH].[HH].[HH].[HH].[HH]. The normalized spacial score (nSPS) is 13.9. The smallest absolute Gasteiger partial charge is 0.163 e. The fraction of sp³-hybridized carbons (Fsp3) is 0.268. The van der Waals surface area contributed by atoms with Crippen LogP contribution >= 0.6 is 0 Å². The van der Waals surface area contributed by atoms with Crippen molar-refractivity contribution in [3.8, 4) is 113 Å². The second kappa shape index (κ2) is 24.0. The van der Waals surface area contributed by atoms with E-state index in [1.54, 1.807) is 13.8 Å². The van der Waals surface area contributed by atoms with Gasteiger partial charge in [-0.15, -0.1) is 4.91 Å².